The van der Waals surface area contributed by atoms with Crippen LogP contribution in [0.1, 0.15) is 35.2 Å². The van der Waals surface area contributed by atoms with Gasteiger partial charge in [0.1, 0.15) is 0 Å². The first-order valence-electron chi connectivity index (χ1n) is 5.15. The maximum Gasteiger partial charge on any atom is 0.248 e. The van der Waals surface area contributed by atoms with Crippen LogP contribution in [0.3, 0.4) is 0 Å². The van der Waals surface area contributed by atoms with Crippen LogP contribution in [0.5, 0.6) is 0 Å². The average Bonchev–Trinajstić information content (AvgIpc) is 2.12. The Balaban J connectivity index is 2.17. The molecule has 0 bridgehead atoms. The summed E-state index contributed by atoms with van der Waals surface area (Å²) in [6.07, 6.45) is 4.95. The zero-order valence-corrected chi connectivity index (χ0v) is 8.20. The molecule has 74 valence electrons. The van der Waals surface area contributed by atoms with Crippen molar-refractivity contribution in [2.24, 2.45) is 11.7 Å². The van der Waals surface area contributed by atoms with Gasteiger partial charge in [0.2, 0.25) is 5.91 Å². The molecule has 2 heteroatoms. The van der Waals surface area contributed by atoms with Gasteiger partial charge < -0.3 is 5.73 Å². The summed E-state index contributed by atoms with van der Waals surface area (Å²) in [6.45, 7) is 0. The summed E-state index contributed by atoms with van der Waals surface area (Å²) in [4.78, 5) is 11.1. The van der Waals surface area contributed by atoms with E-state index in [9.17, 15) is 4.79 Å². The molecule has 1 aromatic carbocycles. The fourth-order valence-corrected chi connectivity index (χ4v) is 1.95. The first-order chi connectivity index (χ1) is 6.77. The summed E-state index contributed by atoms with van der Waals surface area (Å²) in [5, 5.41) is 0. The van der Waals surface area contributed by atoms with Gasteiger partial charge in [0.25, 0.3) is 0 Å². The normalized spacial score (nSPS) is 16.3. The van der Waals surface area contributed by atoms with Crippen molar-refractivity contribution in [3.8, 4) is 0 Å². The molecule has 0 aromatic heterocycles. The molecule has 1 saturated carbocycles. The highest BCUT2D eigenvalue weighted by Gasteiger charge is 2.19. The molecule has 1 fully saturated rings. The zero-order chi connectivity index (χ0) is 9.97. The van der Waals surface area contributed by atoms with Gasteiger partial charge in [0.15, 0.2) is 0 Å². The SMILES string of the molecule is NC(=O)c1ccccc1CC1CCC1. The molecule has 1 amide bonds. The Hall–Kier alpha value is -1.31. The van der Waals surface area contributed by atoms with Crippen LogP contribution >= 0.6 is 0 Å². The van der Waals surface area contributed by atoms with E-state index in [1.165, 1.54) is 19.3 Å². The predicted octanol–water partition coefficient (Wildman–Crippen LogP) is 2.13. The number of primary amides is 1. The van der Waals surface area contributed by atoms with E-state index in [4.69, 9.17) is 5.73 Å². The molecule has 1 aliphatic carbocycles. The van der Waals surface area contributed by atoms with Crippen LogP contribution < -0.4 is 5.73 Å². The van der Waals surface area contributed by atoms with E-state index in [0.717, 1.165) is 17.9 Å². The Labute approximate surface area is 84.1 Å². The maximum atomic E-state index is 11.1. The van der Waals surface area contributed by atoms with E-state index in [2.05, 4.69) is 0 Å². The highest BCUT2D eigenvalue weighted by Crippen LogP contribution is 2.30. The number of carbonyl (C=O) groups excluding carboxylic acids is 1. The van der Waals surface area contributed by atoms with Gasteiger partial charge in [-0.05, 0) is 24.0 Å². The van der Waals surface area contributed by atoms with Crippen molar-refractivity contribution in [2.45, 2.75) is 25.7 Å². The number of carbonyl (C=O) groups is 1. The Kier molecular flexibility index (Phi) is 2.53. The van der Waals surface area contributed by atoms with Crippen molar-refractivity contribution in [1.82, 2.24) is 0 Å². The Morgan fingerprint density at radius 2 is 2.07 bits per heavy atom. The zero-order valence-electron chi connectivity index (χ0n) is 8.20. The van der Waals surface area contributed by atoms with E-state index >= 15 is 0 Å². The Morgan fingerprint density at radius 1 is 1.36 bits per heavy atom. The second-order valence-corrected chi connectivity index (χ2v) is 4.02. The van der Waals surface area contributed by atoms with Crippen molar-refractivity contribution < 1.29 is 4.79 Å². The second kappa shape index (κ2) is 3.82. The third-order valence-corrected chi connectivity index (χ3v) is 3.02. The molecule has 0 saturated heterocycles. The molecule has 1 aromatic rings. The van der Waals surface area contributed by atoms with Gasteiger partial charge in [-0.2, -0.15) is 0 Å². The molecule has 0 atom stereocenters. The number of amides is 1. The lowest BCUT2D eigenvalue weighted by Crippen LogP contribution is -2.18. The van der Waals surface area contributed by atoms with E-state index in [1.807, 2.05) is 24.3 Å². The molecular formula is C12H15NO. The van der Waals surface area contributed by atoms with Crippen LogP contribution in [-0.4, -0.2) is 5.91 Å². The smallest absolute Gasteiger partial charge is 0.248 e. The van der Waals surface area contributed by atoms with E-state index in [0.29, 0.717) is 5.56 Å². The third-order valence-electron chi connectivity index (χ3n) is 3.02. The number of hydrogen-bond donors (Lipinski definition) is 1. The Bertz CT molecular complexity index is 342. The highest BCUT2D eigenvalue weighted by atomic mass is 16.1. The minimum absolute atomic E-state index is 0.306. The van der Waals surface area contributed by atoms with Crippen LogP contribution in [0, 0.1) is 5.92 Å². The van der Waals surface area contributed by atoms with Gasteiger partial charge in [-0.3, -0.25) is 4.79 Å². The summed E-state index contributed by atoms with van der Waals surface area (Å²) in [5.41, 5.74) is 7.12. The monoisotopic (exact) mass is 189 g/mol. The lowest BCUT2D eigenvalue weighted by Gasteiger charge is -2.25. The minimum Gasteiger partial charge on any atom is -0.366 e. The number of benzene rings is 1. The van der Waals surface area contributed by atoms with Gasteiger partial charge in [-0.1, -0.05) is 37.5 Å². The quantitative estimate of drug-likeness (QED) is 0.777. The topological polar surface area (TPSA) is 43.1 Å². The molecule has 0 radical (unpaired) electrons. The molecule has 2 N–H and O–H groups in total. The number of nitrogens with two attached hydrogens (primary N) is 1. The fourth-order valence-electron chi connectivity index (χ4n) is 1.95. The van der Waals surface area contributed by atoms with Crippen molar-refractivity contribution >= 4 is 5.91 Å². The summed E-state index contributed by atoms with van der Waals surface area (Å²) in [6, 6.07) is 7.67. The molecule has 14 heavy (non-hydrogen) atoms. The third kappa shape index (κ3) is 1.79. The largest absolute Gasteiger partial charge is 0.366 e. The summed E-state index contributed by atoms with van der Waals surface area (Å²) in [5.74, 6) is 0.468. The molecule has 0 heterocycles. The molecule has 0 unspecified atom stereocenters. The van der Waals surface area contributed by atoms with Gasteiger partial charge in [0.05, 0.1) is 0 Å². The molecule has 2 rings (SSSR count). The molecule has 2 nitrogen and oxygen atoms in total. The standard InChI is InChI=1S/C12H15NO/c13-12(14)11-7-2-1-6-10(11)8-9-4-3-5-9/h1-2,6-7,9H,3-5,8H2,(H2,13,14). The highest BCUT2D eigenvalue weighted by molar-refractivity contribution is 5.94. The Morgan fingerprint density at radius 3 is 2.64 bits per heavy atom. The van der Waals surface area contributed by atoms with Gasteiger partial charge in [-0.15, -0.1) is 0 Å². The van der Waals surface area contributed by atoms with Gasteiger partial charge in [-0.25, -0.2) is 0 Å². The lowest BCUT2D eigenvalue weighted by atomic mass is 9.80. The summed E-state index contributed by atoms with van der Waals surface area (Å²) < 4.78 is 0. The predicted molar refractivity (Wildman–Crippen MR) is 56.0 cm³/mol. The number of rotatable bonds is 3. The fraction of sp³-hybridized carbons (Fsp3) is 0.417. The molecular weight excluding hydrogens is 174 g/mol. The van der Waals surface area contributed by atoms with Gasteiger partial charge >= 0.3 is 0 Å². The summed E-state index contributed by atoms with van der Waals surface area (Å²) >= 11 is 0. The first-order valence-corrected chi connectivity index (χ1v) is 5.15. The van der Waals surface area contributed by atoms with Crippen LogP contribution in [0.4, 0.5) is 0 Å². The maximum absolute atomic E-state index is 11.1. The van der Waals surface area contributed by atoms with Crippen LogP contribution in [0.25, 0.3) is 0 Å². The molecule has 1 aliphatic rings. The van der Waals surface area contributed by atoms with Crippen molar-refractivity contribution in [3.63, 3.8) is 0 Å². The summed E-state index contributed by atoms with van der Waals surface area (Å²) in [7, 11) is 0. The van der Waals surface area contributed by atoms with Crippen molar-refractivity contribution in [1.29, 1.82) is 0 Å². The minimum atomic E-state index is -0.306. The lowest BCUT2D eigenvalue weighted by molar-refractivity contribution is 0.0999. The van der Waals surface area contributed by atoms with Crippen molar-refractivity contribution in [2.75, 3.05) is 0 Å². The van der Waals surface area contributed by atoms with Crippen LogP contribution in [0.2, 0.25) is 0 Å². The average molecular weight is 189 g/mol. The van der Waals surface area contributed by atoms with Crippen LogP contribution in [0.15, 0.2) is 24.3 Å². The molecule has 0 spiro atoms. The van der Waals surface area contributed by atoms with E-state index < -0.39 is 0 Å². The van der Waals surface area contributed by atoms with E-state index in [1.54, 1.807) is 0 Å². The van der Waals surface area contributed by atoms with Crippen molar-refractivity contribution in [3.05, 3.63) is 35.4 Å². The van der Waals surface area contributed by atoms with Crippen LogP contribution in [-0.2, 0) is 6.42 Å². The number of hydrogen-bond acceptors (Lipinski definition) is 1. The van der Waals surface area contributed by atoms with E-state index in [-0.39, 0.29) is 5.91 Å². The molecule has 0 aliphatic heterocycles. The first kappa shape index (κ1) is 9.25. The van der Waals surface area contributed by atoms with Gasteiger partial charge in [0, 0.05) is 5.56 Å². The second-order valence-electron chi connectivity index (χ2n) is 4.02.